The standard InChI is InChI=1S/C56H50BN3O/c1-54(2,3)33-23-25-37(26-24-33)59-46-32-35(56(7,8)9)29-41-42-30-34(55(4,5)6)31-43-48-45(60(50(42)43)57(49(41)46)53-52(59)40-20-14-16-22-47(40)61-53)28-27-39-38-19-13-15-21-44(38)58(51(39)48)36-17-11-10-12-18-36/h10-32H,1-9H3. The predicted octanol–water partition coefficient (Wildman–Crippen LogP) is 13.9. The first-order chi connectivity index (χ1) is 29.2. The zero-order chi connectivity index (χ0) is 41.9. The van der Waals surface area contributed by atoms with Crippen LogP contribution < -0.4 is 16.0 Å². The maximum atomic E-state index is 7.27. The van der Waals surface area contributed by atoms with Crippen LogP contribution in [-0.2, 0) is 16.2 Å². The van der Waals surface area contributed by atoms with E-state index in [1.807, 2.05) is 0 Å². The van der Waals surface area contributed by atoms with Gasteiger partial charge in [-0.25, -0.2) is 0 Å². The number of rotatable bonds is 2. The number of anilines is 3. The van der Waals surface area contributed by atoms with Crippen LogP contribution in [0.25, 0.3) is 71.4 Å². The molecule has 5 heterocycles. The smallest absolute Gasteiger partial charge is 0.375 e. The highest BCUT2D eigenvalue weighted by Crippen LogP contribution is 2.51. The van der Waals surface area contributed by atoms with Gasteiger partial charge in [-0.2, -0.15) is 0 Å². The molecule has 0 amide bonds. The van der Waals surface area contributed by atoms with Crippen LogP contribution in [-0.4, -0.2) is 15.9 Å². The highest BCUT2D eigenvalue weighted by Gasteiger charge is 2.47. The molecule has 61 heavy (non-hydrogen) atoms. The van der Waals surface area contributed by atoms with Gasteiger partial charge >= 0.3 is 6.85 Å². The summed E-state index contributed by atoms with van der Waals surface area (Å²) in [5, 5.41) is 6.22. The molecule has 0 radical (unpaired) electrons. The van der Waals surface area contributed by atoms with E-state index in [4.69, 9.17) is 4.42 Å². The highest BCUT2D eigenvalue weighted by atomic mass is 16.3. The Hall–Kier alpha value is -6.46. The monoisotopic (exact) mass is 791 g/mol. The summed E-state index contributed by atoms with van der Waals surface area (Å²) in [5.74, 6) is 0. The predicted molar refractivity (Wildman–Crippen MR) is 260 cm³/mol. The number of fused-ring (bicyclic) bond motifs is 13. The largest absolute Gasteiger partial charge is 0.466 e. The Bertz CT molecular complexity index is 3470. The molecule has 298 valence electrons. The van der Waals surface area contributed by atoms with Crippen molar-refractivity contribution in [3.63, 3.8) is 0 Å². The molecule has 0 saturated heterocycles. The molecule has 0 N–H and O–H groups in total. The maximum Gasteiger partial charge on any atom is 0.375 e. The van der Waals surface area contributed by atoms with Crippen LogP contribution >= 0.6 is 0 Å². The van der Waals surface area contributed by atoms with Gasteiger partial charge in [-0.1, -0.05) is 135 Å². The number of aromatic nitrogens is 2. The van der Waals surface area contributed by atoms with Gasteiger partial charge in [-0.15, -0.1) is 0 Å². The third kappa shape index (κ3) is 5.01. The molecular weight excluding hydrogens is 741 g/mol. The molecule has 0 fully saturated rings. The van der Waals surface area contributed by atoms with Crippen molar-refractivity contribution in [2.75, 3.05) is 4.90 Å². The van der Waals surface area contributed by atoms with Gasteiger partial charge in [0.1, 0.15) is 11.2 Å². The Morgan fingerprint density at radius 3 is 1.84 bits per heavy atom. The van der Waals surface area contributed by atoms with Crippen molar-refractivity contribution in [1.29, 1.82) is 0 Å². The zero-order valence-electron chi connectivity index (χ0n) is 36.6. The molecule has 0 bridgehead atoms. The Labute approximate surface area is 358 Å². The van der Waals surface area contributed by atoms with Gasteiger partial charge in [0.25, 0.3) is 0 Å². The minimum absolute atomic E-state index is 0.0390. The third-order valence-corrected chi connectivity index (χ3v) is 13.7. The van der Waals surface area contributed by atoms with Crippen LogP contribution in [0.15, 0.2) is 144 Å². The molecule has 3 aromatic heterocycles. The van der Waals surface area contributed by atoms with Crippen molar-refractivity contribution in [2.45, 2.75) is 78.6 Å². The van der Waals surface area contributed by atoms with E-state index in [0.29, 0.717) is 0 Å². The molecule has 0 unspecified atom stereocenters. The van der Waals surface area contributed by atoms with Crippen LogP contribution in [0.3, 0.4) is 0 Å². The van der Waals surface area contributed by atoms with Crippen LogP contribution in [0, 0.1) is 0 Å². The van der Waals surface area contributed by atoms with E-state index in [-0.39, 0.29) is 23.1 Å². The molecule has 2 aliphatic rings. The van der Waals surface area contributed by atoms with E-state index >= 15 is 0 Å². The summed E-state index contributed by atoms with van der Waals surface area (Å²) in [4.78, 5) is 2.52. The second-order valence-corrected chi connectivity index (χ2v) is 20.6. The van der Waals surface area contributed by atoms with Crippen molar-refractivity contribution < 1.29 is 4.42 Å². The highest BCUT2D eigenvalue weighted by molar-refractivity contribution is 6.89. The zero-order valence-corrected chi connectivity index (χ0v) is 36.6. The summed E-state index contributed by atoms with van der Waals surface area (Å²) in [5.41, 5.74) is 19.1. The quantitative estimate of drug-likeness (QED) is 0.163. The number of furan rings is 1. The number of para-hydroxylation sites is 3. The molecule has 7 aromatic carbocycles. The molecule has 10 aromatic rings. The molecule has 12 rings (SSSR count). The molecule has 0 atom stereocenters. The molecule has 4 nitrogen and oxygen atoms in total. The van der Waals surface area contributed by atoms with Gasteiger partial charge in [-0.05, 0) is 111 Å². The Kier molecular flexibility index (Phi) is 7.22. The lowest BCUT2D eigenvalue weighted by Crippen LogP contribution is -2.56. The number of hydrogen-bond acceptors (Lipinski definition) is 2. The Morgan fingerprint density at radius 2 is 1.11 bits per heavy atom. The molecular formula is C56H50BN3O. The normalized spacial score (nSPS) is 13.9. The number of benzene rings is 7. The first-order valence-electron chi connectivity index (χ1n) is 21.9. The fourth-order valence-electron chi connectivity index (χ4n) is 10.6. The summed E-state index contributed by atoms with van der Waals surface area (Å²) >= 11 is 0. The van der Waals surface area contributed by atoms with Crippen molar-refractivity contribution >= 4 is 89.6 Å². The van der Waals surface area contributed by atoms with E-state index < -0.39 is 0 Å². The van der Waals surface area contributed by atoms with E-state index in [0.717, 1.165) is 33.7 Å². The minimum atomic E-state index is -0.202. The molecule has 2 aliphatic heterocycles. The lowest BCUT2D eigenvalue weighted by Gasteiger charge is -2.40. The average Bonchev–Trinajstić information content (AvgIpc) is 3.90. The summed E-state index contributed by atoms with van der Waals surface area (Å²) in [6.45, 7) is 20.8. The van der Waals surface area contributed by atoms with E-state index in [1.165, 1.54) is 82.6 Å². The van der Waals surface area contributed by atoms with E-state index in [9.17, 15) is 0 Å². The topological polar surface area (TPSA) is 26.2 Å². The van der Waals surface area contributed by atoms with Gasteiger partial charge in [-0.3, -0.25) is 0 Å². The molecule has 0 aliphatic carbocycles. The molecule has 0 spiro atoms. The first-order valence-corrected chi connectivity index (χ1v) is 21.9. The van der Waals surface area contributed by atoms with Crippen LogP contribution in [0.2, 0.25) is 0 Å². The Morgan fingerprint density at radius 1 is 0.475 bits per heavy atom. The lowest BCUT2D eigenvalue weighted by molar-refractivity contribution is 0.589. The fourth-order valence-corrected chi connectivity index (χ4v) is 10.6. The summed E-state index contributed by atoms with van der Waals surface area (Å²) < 4.78 is 12.4. The summed E-state index contributed by atoms with van der Waals surface area (Å²) in [6.07, 6.45) is 0. The van der Waals surface area contributed by atoms with Gasteiger partial charge in [0, 0.05) is 60.6 Å². The van der Waals surface area contributed by atoms with Crippen LogP contribution in [0.4, 0.5) is 17.1 Å². The van der Waals surface area contributed by atoms with Crippen molar-refractivity contribution in [3.05, 3.63) is 156 Å². The van der Waals surface area contributed by atoms with Crippen LogP contribution in [0.1, 0.15) is 79.0 Å². The lowest BCUT2D eigenvalue weighted by atomic mass is 9.47. The number of nitrogens with zero attached hydrogens (tertiary/aromatic N) is 3. The average molecular weight is 792 g/mol. The van der Waals surface area contributed by atoms with Crippen molar-refractivity contribution in [1.82, 2.24) is 9.05 Å². The van der Waals surface area contributed by atoms with Gasteiger partial charge < -0.3 is 18.4 Å². The first kappa shape index (κ1) is 36.4. The van der Waals surface area contributed by atoms with Crippen LogP contribution in [0.5, 0.6) is 0 Å². The molecule has 5 heteroatoms. The van der Waals surface area contributed by atoms with E-state index in [1.54, 1.807) is 0 Å². The van der Waals surface area contributed by atoms with Gasteiger partial charge in [0.2, 0.25) is 0 Å². The molecule has 0 saturated carbocycles. The maximum absolute atomic E-state index is 7.27. The summed E-state index contributed by atoms with van der Waals surface area (Å²) in [7, 11) is 0. The third-order valence-electron chi connectivity index (χ3n) is 13.7. The van der Waals surface area contributed by atoms with Crippen molar-refractivity contribution in [2.24, 2.45) is 0 Å². The fraction of sp³-hybridized carbons (Fsp3) is 0.214. The Balaban J connectivity index is 1.29. The minimum Gasteiger partial charge on any atom is -0.466 e. The van der Waals surface area contributed by atoms with Gasteiger partial charge in [0.15, 0.2) is 0 Å². The second-order valence-electron chi connectivity index (χ2n) is 20.6. The van der Waals surface area contributed by atoms with Crippen molar-refractivity contribution in [3.8, 4) is 16.8 Å². The SMILES string of the molecule is CC(C)(C)c1ccc(N2c3cc(C(C)(C)C)cc4c3B(c3oc5ccccc5c32)n2c3ccc5c6ccccc6n(-c6ccccc6)c5c3c3cc(C(C)(C)C)cc-4c32)cc1. The second kappa shape index (κ2) is 12.1. The van der Waals surface area contributed by atoms with Gasteiger partial charge in [0.05, 0.1) is 16.7 Å². The number of hydrogen-bond donors (Lipinski definition) is 0. The summed E-state index contributed by atoms with van der Waals surface area (Å²) in [6, 6.07) is 52.5. The van der Waals surface area contributed by atoms with E-state index in [2.05, 4.69) is 216 Å².